The van der Waals surface area contributed by atoms with Crippen molar-refractivity contribution in [3.8, 4) is 0 Å². The minimum atomic E-state index is -0.400. The van der Waals surface area contributed by atoms with Crippen molar-refractivity contribution in [2.75, 3.05) is 6.61 Å². The van der Waals surface area contributed by atoms with Crippen LogP contribution in [-0.4, -0.2) is 22.1 Å². The molecule has 0 fully saturated rings. The molecule has 0 spiro atoms. The zero-order valence-corrected chi connectivity index (χ0v) is 16.2. The van der Waals surface area contributed by atoms with Gasteiger partial charge in [-0.15, -0.1) is 11.3 Å². The summed E-state index contributed by atoms with van der Waals surface area (Å²) in [7, 11) is 0. The number of rotatable bonds is 5. The van der Waals surface area contributed by atoms with Crippen LogP contribution in [0.5, 0.6) is 0 Å². The predicted octanol–water partition coefficient (Wildman–Crippen LogP) is 4.11. The Morgan fingerprint density at radius 1 is 1.27 bits per heavy atom. The molecule has 3 rings (SSSR count). The van der Waals surface area contributed by atoms with Gasteiger partial charge in [0.05, 0.1) is 24.9 Å². The summed E-state index contributed by atoms with van der Waals surface area (Å²) in [6, 6.07) is 8.25. The normalized spacial score (nSPS) is 11.3. The number of aromatic nitrogens is 2. The number of carbonyl (C=O) groups excluding carboxylic acids is 1. The first-order chi connectivity index (χ1) is 12.4. The molecule has 0 aliphatic heterocycles. The van der Waals surface area contributed by atoms with Crippen molar-refractivity contribution >= 4 is 27.5 Å². The lowest BCUT2D eigenvalue weighted by Crippen LogP contribution is -2.21. The summed E-state index contributed by atoms with van der Waals surface area (Å²) in [6.45, 7) is 8.59. The number of ether oxygens (including phenoxy) is 1. The fourth-order valence-electron chi connectivity index (χ4n) is 2.87. The number of esters is 1. The van der Waals surface area contributed by atoms with Crippen LogP contribution in [-0.2, 0) is 11.3 Å². The molecule has 0 atom stereocenters. The van der Waals surface area contributed by atoms with Gasteiger partial charge in [0.15, 0.2) is 0 Å². The number of nitrogens with zero attached hydrogens (tertiary/aromatic N) is 2. The van der Waals surface area contributed by atoms with Crippen molar-refractivity contribution < 1.29 is 9.53 Å². The minimum Gasteiger partial charge on any atom is -0.462 e. The van der Waals surface area contributed by atoms with Crippen molar-refractivity contribution in [2.45, 2.75) is 40.2 Å². The summed E-state index contributed by atoms with van der Waals surface area (Å²) in [5.74, 6) is 0.0720. The van der Waals surface area contributed by atoms with Crippen LogP contribution in [0.3, 0.4) is 0 Å². The van der Waals surface area contributed by atoms with Crippen LogP contribution < -0.4 is 5.56 Å². The molecule has 2 heterocycles. The zero-order chi connectivity index (χ0) is 18.8. The average molecular weight is 370 g/mol. The van der Waals surface area contributed by atoms with Gasteiger partial charge in [-0.2, -0.15) is 0 Å². The van der Waals surface area contributed by atoms with E-state index in [9.17, 15) is 9.59 Å². The van der Waals surface area contributed by atoms with Gasteiger partial charge in [-0.25, -0.2) is 9.78 Å². The monoisotopic (exact) mass is 370 g/mol. The molecule has 0 bridgehead atoms. The third kappa shape index (κ3) is 3.42. The Morgan fingerprint density at radius 2 is 1.96 bits per heavy atom. The maximum atomic E-state index is 12.9. The topological polar surface area (TPSA) is 61.2 Å². The number of hydrogen-bond donors (Lipinski definition) is 0. The summed E-state index contributed by atoms with van der Waals surface area (Å²) in [5, 5.41) is 0.499. The van der Waals surface area contributed by atoms with Gasteiger partial charge in [0, 0.05) is 0 Å². The predicted molar refractivity (Wildman–Crippen MR) is 104 cm³/mol. The number of carbonyl (C=O) groups is 1. The van der Waals surface area contributed by atoms with Gasteiger partial charge in [0.25, 0.3) is 5.56 Å². The van der Waals surface area contributed by atoms with Crippen molar-refractivity contribution in [3.05, 3.63) is 62.5 Å². The molecule has 0 amide bonds. The molecule has 0 radical (unpaired) electrons. The molecular formula is C20H22N2O3S. The molecule has 6 heteroatoms. The van der Waals surface area contributed by atoms with Gasteiger partial charge in [-0.1, -0.05) is 38.1 Å². The van der Waals surface area contributed by atoms with E-state index in [4.69, 9.17) is 4.74 Å². The Balaban J connectivity index is 1.97. The molecule has 0 saturated carbocycles. The van der Waals surface area contributed by atoms with Gasteiger partial charge >= 0.3 is 5.97 Å². The highest BCUT2D eigenvalue weighted by molar-refractivity contribution is 7.20. The number of hydrogen-bond acceptors (Lipinski definition) is 5. The minimum absolute atomic E-state index is 0.132. The fourth-order valence-corrected chi connectivity index (χ4v) is 3.90. The van der Waals surface area contributed by atoms with Crippen molar-refractivity contribution in [1.82, 2.24) is 9.55 Å². The highest BCUT2D eigenvalue weighted by Crippen LogP contribution is 2.27. The number of fused-ring (bicyclic) bond motifs is 1. The van der Waals surface area contributed by atoms with E-state index in [0.717, 1.165) is 5.56 Å². The van der Waals surface area contributed by atoms with E-state index in [1.54, 1.807) is 24.7 Å². The fraction of sp³-hybridized carbons (Fsp3) is 0.350. The first kappa shape index (κ1) is 18.3. The van der Waals surface area contributed by atoms with Crippen LogP contribution >= 0.6 is 11.3 Å². The van der Waals surface area contributed by atoms with E-state index in [-0.39, 0.29) is 5.56 Å². The highest BCUT2D eigenvalue weighted by atomic mass is 32.1. The Bertz CT molecular complexity index is 1000. The molecule has 1 aromatic carbocycles. The molecule has 5 nitrogen and oxygen atoms in total. The molecule has 0 aliphatic rings. The zero-order valence-electron chi connectivity index (χ0n) is 15.4. The average Bonchev–Trinajstić information content (AvgIpc) is 2.95. The van der Waals surface area contributed by atoms with Crippen LogP contribution in [0, 0.1) is 6.92 Å². The lowest BCUT2D eigenvalue weighted by molar-refractivity contribution is 0.0531. The summed E-state index contributed by atoms with van der Waals surface area (Å²) >= 11 is 1.21. The third-order valence-electron chi connectivity index (χ3n) is 4.38. The summed E-state index contributed by atoms with van der Waals surface area (Å²) in [5.41, 5.74) is 2.82. The Hall–Kier alpha value is -2.47. The summed E-state index contributed by atoms with van der Waals surface area (Å²) < 4.78 is 6.65. The molecule has 3 aromatic rings. The van der Waals surface area contributed by atoms with E-state index < -0.39 is 5.97 Å². The van der Waals surface area contributed by atoms with Crippen LogP contribution in [0.1, 0.15) is 53.1 Å². The molecule has 136 valence electrons. The standard InChI is InChI=1S/C20H22N2O3S/c1-5-25-20(24)17-13(4)16-18(26-17)21-11-22(19(16)23)10-14-6-8-15(9-7-14)12(2)3/h6-9,11-12H,5,10H2,1-4H3. The molecular weight excluding hydrogens is 348 g/mol. The van der Waals surface area contributed by atoms with Crippen molar-refractivity contribution in [1.29, 1.82) is 0 Å². The lowest BCUT2D eigenvalue weighted by Gasteiger charge is -2.08. The second-order valence-corrected chi connectivity index (χ2v) is 7.53. The summed E-state index contributed by atoms with van der Waals surface area (Å²) in [4.78, 5) is 30.4. The van der Waals surface area contributed by atoms with Gasteiger partial charge in [0.1, 0.15) is 9.71 Å². The van der Waals surface area contributed by atoms with Gasteiger partial charge in [0.2, 0.25) is 0 Å². The first-order valence-electron chi connectivity index (χ1n) is 8.66. The Labute approximate surface area is 156 Å². The Kier molecular flexibility index (Phi) is 5.23. The number of aryl methyl sites for hydroxylation is 1. The maximum absolute atomic E-state index is 12.9. The van der Waals surface area contributed by atoms with Crippen molar-refractivity contribution in [2.24, 2.45) is 0 Å². The van der Waals surface area contributed by atoms with E-state index in [1.807, 2.05) is 12.1 Å². The van der Waals surface area contributed by atoms with Crippen LogP contribution in [0.4, 0.5) is 0 Å². The molecule has 0 aliphatic carbocycles. The molecule has 0 N–H and O–H groups in total. The lowest BCUT2D eigenvalue weighted by atomic mass is 10.0. The first-order valence-corrected chi connectivity index (χ1v) is 9.48. The van der Waals surface area contributed by atoms with E-state index >= 15 is 0 Å². The highest BCUT2D eigenvalue weighted by Gasteiger charge is 2.20. The van der Waals surface area contributed by atoms with Crippen LogP contribution in [0.25, 0.3) is 10.2 Å². The SMILES string of the molecule is CCOC(=O)c1sc2ncn(Cc3ccc(C(C)C)cc3)c(=O)c2c1C. The van der Waals surface area contributed by atoms with Gasteiger partial charge in [-0.3, -0.25) is 9.36 Å². The number of thiophene rings is 1. The quantitative estimate of drug-likeness (QED) is 0.634. The molecule has 26 heavy (non-hydrogen) atoms. The molecule has 2 aromatic heterocycles. The van der Waals surface area contributed by atoms with Crippen molar-refractivity contribution in [3.63, 3.8) is 0 Å². The molecule has 0 unspecified atom stereocenters. The Morgan fingerprint density at radius 3 is 2.58 bits per heavy atom. The smallest absolute Gasteiger partial charge is 0.348 e. The van der Waals surface area contributed by atoms with E-state index in [1.165, 1.54) is 16.9 Å². The van der Waals surface area contributed by atoms with Gasteiger partial charge in [-0.05, 0) is 36.5 Å². The van der Waals surface area contributed by atoms with Crippen LogP contribution in [0.15, 0.2) is 35.4 Å². The second kappa shape index (κ2) is 7.41. The maximum Gasteiger partial charge on any atom is 0.348 e. The van der Waals surface area contributed by atoms with E-state index in [0.29, 0.717) is 39.7 Å². The second-order valence-electron chi connectivity index (χ2n) is 6.53. The summed E-state index contributed by atoms with van der Waals surface area (Å²) in [6.07, 6.45) is 1.55. The van der Waals surface area contributed by atoms with Gasteiger partial charge < -0.3 is 4.74 Å². The van der Waals surface area contributed by atoms with Crippen LogP contribution in [0.2, 0.25) is 0 Å². The van der Waals surface area contributed by atoms with E-state index in [2.05, 4.69) is 31.0 Å². The third-order valence-corrected chi connectivity index (χ3v) is 5.56. The number of benzene rings is 1. The molecule has 0 saturated heterocycles. The largest absolute Gasteiger partial charge is 0.462 e.